The average Bonchev–Trinajstić information content (AvgIpc) is 2.84. The maximum absolute atomic E-state index is 13.0. The number of pyridine rings is 1. The zero-order valence-electron chi connectivity index (χ0n) is 18.8. The van der Waals surface area contributed by atoms with Gasteiger partial charge in [-0.3, -0.25) is 9.59 Å². The minimum atomic E-state index is -0.241. The van der Waals surface area contributed by atoms with Gasteiger partial charge in [-0.2, -0.15) is 0 Å². The lowest BCUT2D eigenvalue weighted by Gasteiger charge is -2.34. The molecule has 33 heavy (non-hydrogen) atoms. The Hall–Kier alpha value is -2.35. The van der Waals surface area contributed by atoms with Gasteiger partial charge in [-0.25, -0.2) is 4.98 Å². The molecule has 0 bridgehead atoms. The van der Waals surface area contributed by atoms with Crippen LogP contribution in [-0.2, 0) is 11.3 Å². The minimum Gasteiger partial charge on any atom is -0.354 e. The van der Waals surface area contributed by atoms with Crippen LogP contribution >= 0.6 is 23.2 Å². The number of halogens is 2. The third-order valence-corrected chi connectivity index (χ3v) is 7.11. The van der Waals surface area contributed by atoms with Crippen molar-refractivity contribution in [1.82, 2.24) is 20.1 Å². The smallest absolute Gasteiger partial charge is 0.253 e. The van der Waals surface area contributed by atoms with E-state index < -0.39 is 0 Å². The summed E-state index contributed by atoms with van der Waals surface area (Å²) in [6, 6.07) is 8.79. The van der Waals surface area contributed by atoms with Gasteiger partial charge >= 0.3 is 0 Å². The van der Waals surface area contributed by atoms with E-state index in [1.54, 1.807) is 29.3 Å². The van der Waals surface area contributed by atoms with Gasteiger partial charge in [0.05, 0.1) is 16.0 Å². The highest BCUT2D eigenvalue weighted by Gasteiger charge is 2.29. The molecule has 2 aromatic rings. The maximum Gasteiger partial charge on any atom is 0.253 e. The van der Waals surface area contributed by atoms with Crippen molar-refractivity contribution in [3.63, 3.8) is 0 Å². The van der Waals surface area contributed by atoms with Gasteiger partial charge in [0.15, 0.2) is 0 Å². The summed E-state index contributed by atoms with van der Waals surface area (Å²) in [6.45, 7) is 5.26. The van der Waals surface area contributed by atoms with Gasteiger partial charge in [-0.1, -0.05) is 29.3 Å². The summed E-state index contributed by atoms with van der Waals surface area (Å²) in [5, 5.41) is 3.84. The van der Waals surface area contributed by atoms with Gasteiger partial charge < -0.3 is 20.0 Å². The average molecular weight is 490 g/mol. The van der Waals surface area contributed by atoms with Gasteiger partial charge in [0.2, 0.25) is 5.91 Å². The quantitative estimate of drug-likeness (QED) is 0.697. The summed E-state index contributed by atoms with van der Waals surface area (Å²) in [5.74, 6) is 0.533. The molecular formula is C24H29Cl2N5O2. The molecule has 7 nitrogen and oxygen atoms in total. The molecule has 0 aliphatic carbocycles. The van der Waals surface area contributed by atoms with Gasteiger partial charge in [-0.15, -0.1) is 0 Å². The molecule has 2 amide bonds. The first-order valence-corrected chi connectivity index (χ1v) is 12.1. The highest BCUT2D eigenvalue weighted by Crippen LogP contribution is 2.25. The number of hydrogen-bond acceptors (Lipinski definition) is 5. The zero-order valence-corrected chi connectivity index (χ0v) is 20.3. The number of likely N-dealkylation sites (tertiary alicyclic amines) is 1. The van der Waals surface area contributed by atoms with E-state index in [0.29, 0.717) is 35.2 Å². The van der Waals surface area contributed by atoms with E-state index in [4.69, 9.17) is 23.2 Å². The van der Waals surface area contributed by atoms with Gasteiger partial charge in [0.25, 0.3) is 5.91 Å². The van der Waals surface area contributed by atoms with Crippen LogP contribution in [0.4, 0.5) is 5.82 Å². The number of likely N-dealkylation sites (N-methyl/N-ethyl adjacent to an activating group) is 1. The molecule has 2 aliphatic rings. The number of hydrogen-bond donors (Lipinski definition) is 1. The summed E-state index contributed by atoms with van der Waals surface area (Å²) >= 11 is 12.0. The number of piperazine rings is 1. The first kappa shape index (κ1) is 23.8. The van der Waals surface area contributed by atoms with E-state index >= 15 is 0 Å². The number of carbonyl (C=O) groups excluding carboxylic acids is 2. The number of piperidine rings is 1. The summed E-state index contributed by atoms with van der Waals surface area (Å²) in [6.07, 6.45) is 3.34. The van der Waals surface area contributed by atoms with Crippen LogP contribution in [0.5, 0.6) is 0 Å². The summed E-state index contributed by atoms with van der Waals surface area (Å²) < 4.78 is 0. The van der Waals surface area contributed by atoms with Crippen molar-refractivity contribution < 1.29 is 9.59 Å². The van der Waals surface area contributed by atoms with Crippen LogP contribution in [-0.4, -0.2) is 72.9 Å². The summed E-state index contributed by atoms with van der Waals surface area (Å²) in [7, 11) is 2.12. The first-order chi connectivity index (χ1) is 15.9. The molecular weight excluding hydrogens is 461 g/mol. The van der Waals surface area contributed by atoms with Crippen molar-refractivity contribution >= 4 is 40.8 Å². The molecule has 1 aromatic heterocycles. The Morgan fingerprint density at radius 1 is 1.09 bits per heavy atom. The van der Waals surface area contributed by atoms with Crippen LogP contribution in [0.25, 0.3) is 0 Å². The SMILES string of the molecule is CN1CCN(c2ncccc2CNC(=O)C2CCCN(C(=O)c3ccc(Cl)c(Cl)c3)C2)CC1. The summed E-state index contributed by atoms with van der Waals surface area (Å²) in [4.78, 5) is 36.8. The molecule has 4 rings (SSSR count). The normalized spacial score (nSPS) is 19.4. The Balaban J connectivity index is 1.36. The Morgan fingerprint density at radius 3 is 2.64 bits per heavy atom. The third kappa shape index (κ3) is 5.78. The largest absolute Gasteiger partial charge is 0.354 e. The molecule has 176 valence electrons. The molecule has 3 heterocycles. The molecule has 2 fully saturated rings. The Bertz CT molecular complexity index is 1010. The molecule has 1 N–H and O–H groups in total. The molecule has 0 saturated carbocycles. The van der Waals surface area contributed by atoms with E-state index in [9.17, 15) is 9.59 Å². The third-order valence-electron chi connectivity index (χ3n) is 6.37. The number of rotatable bonds is 5. The number of nitrogens with zero attached hydrogens (tertiary/aromatic N) is 4. The molecule has 9 heteroatoms. The van der Waals surface area contributed by atoms with Gasteiger partial charge in [0.1, 0.15) is 5.82 Å². The molecule has 2 aliphatic heterocycles. The number of anilines is 1. The maximum atomic E-state index is 13.0. The predicted octanol–water partition coefficient (Wildman–Crippen LogP) is 3.31. The van der Waals surface area contributed by atoms with E-state index in [0.717, 1.165) is 50.4 Å². The first-order valence-electron chi connectivity index (χ1n) is 11.3. The second-order valence-corrected chi connectivity index (χ2v) is 9.53. The van der Waals surface area contributed by atoms with Crippen molar-refractivity contribution in [3.8, 4) is 0 Å². The van der Waals surface area contributed by atoms with Crippen LogP contribution in [0, 0.1) is 5.92 Å². The Kier molecular flexibility index (Phi) is 7.73. The second-order valence-electron chi connectivity index (χ2n) is 8.71. The number of aromatic nitrogens is 1. The molecule has 2 saturated heterocycles. The number of carbonyl (C=O) groups is 2. The highest BCUT2D eigenvalue weighted by atomic mass is 35.5. The van der Waals surface area contributed by atoms with E-state index in [1.807, 2.05) is 12.1 Å². The van der Waals surface area contributed by atoms with Crippen molar-refractivity contribution in [2.75, 3.05) is 51.2 Å². The minimum absolute atomic E-state index is 0.0326. The van der Waals surface area contributed by atoms with E-state index in [-0.39, 0.29) is 17.7 Å². The topological polar surface area (TPSA) is 68.8 Å². The van der Waals surface area contributed by atoms with Crippen molar-refractivity contribution in [2.24, 2.45) is 5.92 Å². The Morgan fingerprint density at radius 2 is 1.88 bits per heavy atom. The van der Waals surface area contributed by atoms with Crippen LogP contribution < -0.4 is 10.2 Å². The monoisotopic (exact) mass is 489 g/mol. The second kappa shape index (κ2) is 10.7. The van der Waals surface area contributed by atoms with Gasteiger partial charge in [-0.05, 0) is 44.2 Å². The fraction of sp³-hybridized carbons (Fsp3) is 0.458. The molecule has 0 spiro atoms. The zero-order chi connectivity index (χ0) is 23.4. The lowest BCUT2D eigenvalue weighted by molar-refractivity contribution is -0.126. The van der Waals surface area contributed by atoms with E-state index in [1.165, 1.54) is 0 Å². The lowest BCUT2D eigenvalue weighted by Crippen LogP contribution is -2.46. The molecule has 1 aromatic carbocycles. The van der Waals surface area contributed by atoms with Crippen LogP contribution in [0.1, 0.15) is 28.8 Å². The van der Waals surface area contributed by atoms with Crippen molar-refractivity contribution in [2.45, 2.75) is 19.4 Å². The molecule has 0 radical (unpaired) electrons. The molecule has 1 atom stereocenters. The van der Waals surface area contributed by atoms with Crippen LogP contribution in [0.3, 0.4) is 0 Å². The van der Waals surface area contributed by atoms with Crippen LogP contribution in [0.15, 0.2) is 36.5 Å². The fourth-order valence-corrected chi connectivity index (χ4v) is 4.68. The number of nitrogens with one attached hydrogen (secondary N) is 1. The highest BCUT2D eigenvalue weighted by molar-refractivity contribution is 6.42. The van der Waals surface area contributed by atoms with Crippen molar-refractivity contribution in [3.05, 3.63) is 57.7 Å². The van der Waals surface area contributed by atoms with E-state index in [2.05, 4.69) is 27.1 Å². The Labute approximate surface area is 204 Å². The van der Waals surface area contributed by atoms with Gasteiger partial charge in [0, 0.05) is 63.1 Å². The summed E-state index contributed by atoms with van der Waals surface area (Å²) in [5.41, 5.74) is 1.49. The number of amides is 2. The standard InChI is InChI=1S/C24H29Cl2N5O2/c1-29-10-12-30(13-11-29)22-18(4-2-8-27-22)15-28-23(32)19-5-3-9-31(16-19)24(33)17-6-7-20(25)21(26)14-17/h2,4,6-8,14,19H,3,5,9-13,15-16H2,1H3,(H,28,32). The predicted molar refractivity (Wildman–Crippen MR) is 131 cm³/mol. The molecule has 1 unspecified atom stereocenters. The van der Waals surface area contributed by atoms with Crippen molar-refractivity contribution in [1.29, 1.82) is 0 Å². The lowest BCUT2D eigenvalue weighted by atomic mass is 9.96. The fourth-order valence-electron chi connectivity index (χ4n) is 4.39. The number of benzene rings is 1. The van der Waals surface area contributed by atoms with Crippen LogP contribution in [0.2, 0.25) is 10.0 Å².